The minimum absolute atomic E-state index is 0.200. The maximum absolute atomic E-state index is 13.9. The third-order valence-electron chi connectivity index (χ3n) is 4.54. The summed E-state index contributed by atoms with van der Waals surface area (Å²) in [6.07, 6.45) is 2.90. The molecule has 0 saturated carbocycles. The first kappa shape index (κ1) is 16.4. The highest BCUT2D eigenvalue weighted by molar-refractivity contribution is 5.89. The summed E-state index contributed by atoms with van der Waals surface area (Å²) < 4.78 is 25.0. The summed E-state index contributed by atoms with van der Waals surface area (Å²) in [6, 6.07) is 2.61. The Labute approximate surface area is 135 Å². The summed E-state index contributed by atoms with van der Waals surface area (Å²) in [5, 5.41) is 9.27. The van der Waals surface area contributed by atoms with Gasteiger partial charge < -0.3 is 14.6 Å². The average Bonchev–Trinajstić information content (AvgIpc) is 3.05. The van der Waals surface area contributed by atoms with Gasteiger partial charge in [0.2, 0.25) is 0 Å². The first-order valence-corrected chi connectivity index (χ1v) is 8.10. The first-order chi connectivity index (χ1) is 11.1. The number of halogens is 1. The van der Waals surface area contributed by atoms with Crippen molar-refractivity contribution in [2.45, 2.75) is 31.9 Å². The first-order valence-electron chi connectivity index (χ1n) is 8.10. The minimum atomic E-state index is -1.00. The van der Waals surface area contributed by atoms with Crippen molar-refractivity contribution in [3.63, 3.8) is 0 Å². The van der Waals surface area contributed by atoms with Gasteiger partial charge in [0.05, 0.1) is 24.9 Å². The molecule has 1 aromatic rings. The lowest BCUT2D eigenvalue weighted by Crippen LogP contribution is -2.35. The summed E-state index contributed by atoms with van der Waals surface area (Å²) in [7, 11) is 0. The van der Waals surface area contributed by atoms with Crippen LogP contribution < -0.4 is 0 Å². The summed E-state index contributed by atoms with van der Waals surface area (Å²) >= 11 is 0. The molecule has 5 nitrogen and oxygen atoms in total. The Kier molecular flexibility index (Phi) is 5.25. The Morgan fingerprint density at radius 3 is 3.04 bits per heavy atom. The van der Waals surface area contributed by atoms with Crippen LogP contribution in [0.3, 0.4) is 0 Å². The number of hydrogen-bond donors (Lipinski definition) is 1. The zero-order chi connectivity index (χ0) is 16.2. The number of rotatable bonds is 6. The maximum atomic E-state index is 13.9. The van der Waals surface area contributed by atoms with Crippen LogP contribution >= 0.6 is 0 Å². The number of aromatic carboxylic acids is 1. The molecule has 1 unspecified atom stereocenters. The molecule has 0 spiro atoms. The van der Waals surface area contributed by atoms with Gasteiger partial charge in [0, 0.05) is 26.2 Å². The van der Waals surface area contributed by atoms with Crippen LogP contribution in [0.4, 0.5) is 4.39 Å². The summed E-state index contributed by atoms with van der Waals surface area (Å²) in [5.41, 5.74) is 1.34. The molecule has 1 aromatic carbocycles. The number of fused-ring (bicyclic) bond motifs is 1. The fraction of sp³-hybridized carbons (Fsp3) is 0.588. The van der Waals surface area contributed by atoms with Gasteiger partial charge in [-0.3, -0.25) is 4.90 Å². The van der Waals surface area contributed by atoms with E-state index >= 15 is 0 Å². The molecular formula is C17H22FNO4. The lowest BCUT2D eigenvalue weighted by Gasteiger charge is -2.29. The molecule has 1 fully saturated rings. The number of carbonyl (C=O) groups is 1. The van der Waals surface area contributed by atoms with Crippen LogP contribution in [-0.4, -0.2) is 55.0 Å². The molecule has 0 amide bonds. The van der Waals surface area contributed by atoms with E-state index in [-0.39, 0.29) is 17.5 Å². The van der Waals surface area contributed by atoms with E-state index in [1.807, 2.05) is 0 Å². The zero-order valence-electron chi connectivity index (χ0n) is 13.1. The number of nitrogens with zero attached hydrogens (tertiary/aromatic N) is 1. The van der Waals surface area contributed by atoms with E-state index in [0.717, 1.165) is 26.0 Å². The fourth-order valence-corrected chi connectivity index (χ4v) is 3.26. The van der Waals surface area contributed by atoms with Gasteiger partial charge in [-0.25, -0.2) is 9.18 Å². The Morgan fingerprint density at radius 1 is 1.43 bits per heavy atom. The topological polar surface area (TPSA) is 59.0 Å². The molecule has 0 aliphatic carbocycles. The molecule has 1 N–H and O–H groups in total. The minimum Gasteiger partial charge on any atom is -0.478 e. The third-order valence-corrected chi connectivity index (χ3v) is 4.54. The van der Waals surface area contributed by atoms with Crippen molar-refractivity contribution in [1.82, 2.24) is 4.90 Å². The van der Waals surface area contributed by atoms with Gasteiger partial charge in [0.1, 0.15) is 5.82 Å². The van der Waals surface area contributed by atoms with Crippen molar-refractivity contribution in [3.8, 4) is 0 Å². The summed E-state index contributed by atoms with van der Waals surface area (Å²) in [5.74, 6) is -1.31. The van der Waals surface area contributed by atoms with E-state index in [1.54, 1.807) is 0 Å². The molecule has 1 atom stereocenters. The number of hydrogen-bond acceptors (Lipinski definition) is 4. The van der Waals surface area contributed by atoms with Gasteiger partial charge in [0.15, 0.2) is 0 Å². The second-order valence-corrected chi connectivity index (χ2v) is 6.09. The lowest BCUT2D eigenvalue weighted by molar-refractivity contribution is 0.00941. The molecule has 6 heteroatoms. The van der Waals surface area contributed by atoms with E-state index in [4.69, 9.17) is 9.47 Å². The van der Waals surface area contributed by atoms with Crippen molar-refractivity contribution in [1.29, 1.82) is 0 Å². The Balaban J connectivity index is 1.54. The average molecular weight is 323 g/mol. The highest BCUT2D eigenvalue weighted by Gasteiger charge is 2.24. The predicted octanol–water partition coefficient (Wildman–Crippen LogP) is 2.08. The normalized spacial score (nSPS) is 21.3. The Hall–Kier alpha value is -1.50. The van der Waals surface area contributed by atoms with E-state index in [0.29, 0.717) is 43.9 Å². The van der Waals surface area contributed by atoms with Crippen LogP contribution in [0.2, 0.25) is 0 Å². The third kappa shape index (κ3) is 3.88. The van der Waals surface area contributed by atoms with Crippen LogP contribution in [0.15, 0.2) is 12.1 Å². The highest BCUT2D eigenvalue weighted by atomic mass is 19.1. The van der Waals surface area contributed by atoms with Gasteiger partial charge in [-0.1, -0.05) is 0 Å². The predicted molar refractivity (Wildman–Crippen MR) is 82.1 cm³/mol. The van der Waals surface area contributed by atoms with Crippen LogP contribution in [0.1, 0.15) is 34.3 Å². The largest absolute Gasteiger partial charge is 0.478 e. The molecule has 0 aromatic heterocycles. The maximum Gasteiger partial charge on any atom is 0.336 e. The Bertz CT molecular complexity index is 572. The van der Waals surface area contributed by atoms with Crippen molar-refractivity contribution in [2.24, 2.45) is 0 Å². The molecule has 2 heterocycles. The van der Waals surface area contributed by atoms with Crippen molar-refractivity contribution >= 4 is 5.97 Å². The van der Waals surface area contributed by atoms with Gasteiger partial charge in [0.25, 0.3) is 0 Å². The Morgan fingerprint density at radius 2 is 2.30 bits per heavy atom. The van der Waals surface area contributed by atoms with Gasteiger partial charge in [-0.2, -0.15) is 0 Å². The molecule has 126 valence electrons. The van der Waals surface area contributed by atoms with Crippen molar-refractivity contribution in [3.05, 3.63) is 34.6 Å². The van der Waals surface area contributed by atoms with Crippen LogP contribution in [0.5, 0.6) is 0 Å². The van der Waals surface area contributed by atoms with Crippen LogP contribution in [0.25, 0.3) is 0 Å². The number of carboxylic acid groups (broad SMARTS) is 1. The number of ether oxygens (including phenoxy) is 2. The summed E-state index contributed by atoms with van der Waals surface area (Å²) in [6.45, 7) is 3.89. The molecule has 3 rings (SSSR count). The van der Waals surface area contributed by atoms with Gasteiger partial charge in [-0.05, 0) is 42.5 Å². The standard InChI is InChI=1S/C17H22FNO4/c18-16-4-3-14(17(20)21)15-10-19(6-5-13(15)16)7-9-22-11-12-2-1-8-23-12/h3-4,12H,1-2,5-11H2,(H,20,21). The molecule has 0 bridgehead atoms. The quantitative estimate of drug-likeness (QED) is 0.812. The summed E-state index contributed by atoms with van der Waals surface area (Å²) in [4.78, 5) is 13.4. The van der Waals surface area contributed by atoms with Crippen LogP contribution in [0, 0.1) is 5.82 Å². The van der Waals surface area contributed by atoms with Crippen molar-refractivity contribution < 1.29 is 23.8 Å². The monoisotopic (exact) mass is 323 g/mol. The fourth-order valence-electron chi connectivity index (χ4n) is 3.26. The molecule has 2 aliphatic heterocycles. The molecular weight excluding hydrogens is 301 g/mol. The second kappa shape index (κ2) is 7.38. The van der Waals surface area contributed by atoms with E-state index in [2.05, 4.69) is 4.90 Å². The second-order valence-electron chi connectivity index (χ2n) is 6.09. The molecule has 23 heavy (non-hydrogen) atoms. The molecule has 2 aliphatic rings. The highest BCUT2D eigenvalue weighted by Crippen LogP contribution is 2.25. The van der Waals surface area contributed by atoms with Crippen LogP contribution in [-0.2, 0) is 22.4 Å². The SMILES string of the molecule is O=C(O)c1ccc(F)c2c1CN(CCOCC1CCCO1)CC2. The van der Waals surface area contributed by atoms with Gasteiger partial charge in [-0.15, -0.1) is 0 Å². The van der Waals surface area contributed by atoms with Gasteiger partial charge >= 0.3 is 5.97 Å². The molecule has 1 saturated heterocycles. The molecule has 0 radical (unpaired) electrons. The van der Waals surface area contributed by atoms with E-state index in [1.165, 1.54) is 12.1 Å². The van der Waals surface area contributed by atoms with E-state index in [9.17, 15) is 14.3 Å². The smallest absolute Gasteiger partial charge is 0.336 e. The lowest BCUT2D eigenvalue weighted by atomic mass is 9.94. The van der Waals surface area contributed by atoms with Crippen molar-refractivity contribution in [2.75, 3.05) is 32.9 Å². The number of carboxylic acids is 1. The number of benzene rings is 1. The van der Waals surface area contributed by atoms with E-state index < -0.39 is 5.97 Å². The zero-order valence-corrected chi connectivity index (χ0v) is 13.1.